The second kappa shape index (κ2) is 9.87. The van der Waals surface area contributed by atoms with Crippen LogP contribution in [0.5, 0.6) is 0 Å². The summed E-state index contributed by atoms with van der Waals surface area (Å²) in [6.45, 7) is 2.23. The number of benzene rings is 2. The summed E-state index contributed by atoms with van der Waals surface area (Å²) in [6, 6.07) is 12.3. The van der Waals surface area contributed by atoms with E-state index in [2.05, 4.69) is 10.2 Å². The lowest BCUT2D eigenvalue weighted by Gasteiger charge is -2.32. The van der Waals surface area contributed by atoms with Crippen molar-refractivity contribution < 1.29 is 17.6 Å². The summed E-state index contributed by atoms with van der Waals surface area (Å²) < 4.78 is 39.0. The minimum atomic E-state index is -3.85. The second-order valence-corrected chi connectivity index (χ2v) is 9.94. The van der Waals surface area contributed by atoms with Gasteiger partial charge in [-0.25, -0.2) is 12.8 Å². The molecule has 6 nitrogen and oxygen atoms in total. The zero-order chi connectivity index (χ0) is 21.7. The summed E-state index contributed by atoms with van der Waals surface area (Å²) in [4.78, 5) is 14.6. The fourth-order valence-electron chi connectivity index (χ4n) is 3.43. The molecule has 0 atom stereocenters. The first-order chi connectivity index (χ1) is 14.2. The highest BCUT2D eigenvalue weighted by molar-refractivity contribution is 7.89. The Morgan fingerprint density at radius 3 is 2.33 bits per heavy atom. The average molecular weight is 454 g/mol. The molecule has 1 N–H and O–H groups in total. The molecule has 1 aliphatic heterocycles. The maximum atomic E-state index is 13.0. The predicted molar refractivity (Wildman–Crippen MR) is 114 cm³/mol. The van der Waals surface area contributed by atoms with Crippen molar-refractivity contribution in [1.82, 2.24) is 14.5 Å². The van der Waals surface area contributed by atoms with Crippen molar-refractivity contribution in [2.75, 3.05) is 26.7 Å². The second-order valence-electron chi connectivity index (χ2n) is 7.46. The molecule has 9 heteroatoms. The van der Waals surface area contributed by atoms with E-state index in [0.29, 0.717) is 5.02 Å². The van der Waals surface area contributed by atoms with E-state index in [9.17, 15) is 17.6 Å². The van der Waals surface area contributed by atoms with Gasteiger partial charge in [-0.2, -0.15) is 4.31 Å². The summed E-state index contributed by atoms with van der Waals surface area (Å²) in [6.07, 6.45) is 1.60. The summed E-state index contributed by atoms with van der Waals surface area (Å²) >= 11 is 5.92. The van der Waals surface area contributed by atoms with Crippen LogP contribution in [-0.2, 0) is 21.4 Å². The Labute approximate surface area is 181 Å². The third-order valence-corrected chi connectivity index (χ3v) is 7.23. The molecule has 1 aliphatic rings. The maximum absolute atomic E-state index is 13.0. The number of hydrogen-bond donors (Lipinski definition) is 1. The molecule has 1 amide bonds. The van der Waals surface area contributed by atoms with Crippen LogP contribution in [0, 0.1) is 5.82 Å². The van der Waals surface area contributed by atoms with Crippen LogP contribution >= 0.6 is 11.6 Å². The highest BCUT2D eigenvalue weighted by atomic mass is 35.5. The number of hydrogen-bond acceptors (Lipinski definition) is 4. The number of carbonyl (C=O) groups excluding carboxylic acids is 1. The van der Waals surface area contributed by atoms with E-state index in [1.807, 2.05) is 24.3 Å². The van der Waals surface area contributed by atoms with Gasteiger partial charge in [-0.1, -0.05) is 23.7 Å². The van der Waals surface area contributed by atoms with Crippen LogP contribution < -0.4 is 5.32 Å². The smallest absolute Gasteiger partial charge is 0.243 e. The molecule has 1 heterocycles. The van der Waals surface area contributed by atoms with Crippen LogP contribution in [0.25, 0.3) is 0 Å². The third-order valence-electron chi connectivity index (χ3n) is 5.16. The fourth-order valence-corrected chi connectivity index (χ4v) is 4.68. The largest absolute Gasteiger partial charge is 0.352 e. The van der Waals surface area contributed by atoms with Crippen LogP contribution in [-0.4, -0.2) is 56.3 Å². The Morgan fingerprint density at radius 1 is 1.13 bits per heavy atom. The third kappa shape index (κ3) is 6.01. The van der Waals surface area contributed by atoms with Gasteiger partial charge in [0.1, 0.15) is 5.82 Å². The maximum Gasteiger partial charge on any atom is 0.243 e. The van der Waals surface area contributed by atoms with Gasteiger partial charge in [-0.05, 0) is 54.8 Å². The molecule has 3 rings (SSSR count). The SMILES string of the molecule is CN(CC(=O)NC1CCN(Cc2ccc(Cl)cc2)CC1)S(=O)(=O)c1ccc(F)cc1. The van der Waals surface area contributed by atoms with E-state index in [1.54, 1.807) is 0 Å². The Kier molecular flexibility index (Phi) is 7.46. The van der Waals surface area contributed by atoms with E-state index < -0.39 is 15.8 Å². The van der Waals surface area contributed by atoms with Crippen molar-refractivity contribution in [2.45, 2.75) is 30.3 Å². The molecule has 1 fully saturated rings. The highest BCUT2D eigenvalue weighted by Crippen LogP contribution is 2.17. The molecule has 0 aliphatic carbocycles. The highest BCUT2D eigenvalue weighted by Gasteiger charge is 2.25. The Balaban J connectivity index is 1.46. The lowest BCUT2D eigenvalue weighted by Crippen LogP contribution is -2.47. The zero-order valence-corrected chi connectivity index (χ0v) is 18.3. The van der Waals surface area contributed by atoms with Gasteiger partial charge in [0.25, 0.3) is 0 Å². The predicted octanol–water partition coefficient (Wildman–Crippen LogP) is 2.88. The minimum Gasteiger partial charge on any atom is -0.352 e. The van der Waals surface area contributed by atoms with Gasteiger partial charge >= 0.3 is 0 Å². The van der Waals surface area contributed by atoms with Crippen molar-refractivity contribution in [3.8, 4) is 0 Å². The fraction of sp³-hybridized carbons (Fsp3) is 0.381. The van der Waals surface area contributed by atoms with E-state index >= 15 is 0 Å². The van der Waals surface area contributed by atoms with E-state index in [1.165, 1.54) is 24.7 Å². The van der Waals surface area contributed by atoms with Gasteiger partial charge < -0.3 is 5.32 Å². The molecule has 162 valence electrons. The number of likely N-dealkylation sites (tertiary alicyclic amines) is 1. The lowest BCUT2D eigenvalue weighted by molar-refractivity contribution is -0.122. The Morgan fingerprint density at radius 2 is 1.73 bits per heavy atom. The van der Waals surface area contributed by atoms with Crippen molar-refractivity contribution in [2.24, 2.45) is 0 Å². The zero-order valence-electron chi connectivity index (χ0n) is 16.7. The number of carbonyl (C=O) groups is 1. The number of nitrogens with zero attached hydrogens (tertiary/aromatic N) is 2. The number of likely N-dealkylation sites (N-methyl/N-ethyl adjacent to an activating group) is 1. The van der Waals surface area contributed by atoms with Gasteiger partial charge in [0.05, 0.1) is 11.4 Å². The monoisotopic (exact) mass is 453 g/mol. The minimum absolute atomic E-state index is 0.0147. The van der Waals surface area contributed by atoms with Gasteiger partial charge in [0.15, 0.2) is 0 Å². The molecule has 1 saturated heterocycles. The topological polar surface area (TPSA) is 69.7 Å². The number of nitrogens with one attached hydrogen (secondary N) is 1. The summed E-state index contributed by atoms with van der Waals surface area (Å²) in [7, 11) is -2.51. The molecular formula is C21H25ClFN3O3S. The summed E-state index contributed by atoms with van der Waals surface area (Å²) in [5, 5.41) is 3.64. The van der Waals surface area contributed by atoms with E-state index in [-0.39, 0.29) is 23.4 Å². The quantitative estimate of drug-likeness (QED) is 0.699. The molecule has 2 aromatic carbocycles. The average Bonchev–Trinajstić information content (AvgIpc) is 2.71. The molecule has 2 aromatic rings. The molecule has 0 radical (unpaired) electrons. The van der Waals surface area contributed by atoms with Crippen LogP contribution in [0.15, 0.2) is 53.4 Å². The Hall–Kier alpha value is -2.00. The first-order valence-electron chi connectivity index (χ1n) is 9.72. The van der Waals surface area contributed by atoms with Crippen molar-refractivity contribution in [3.05, 3.63) is 64.9 Å². The lowest BCUT2D eigenvalue weighted by atomic mass is 10.0. The number of sulfonamides is 1. The van der Waals surface area contributed by atoms with Crippen molar-refractivity contribution >= 4 is 27.5 Å². The van der Waals surface area contributed by atoms with Crippen molar-refractivity contribution in [3.63, 3.8) is 0 Å². The summed E-state index contributed by atoms with van der Waals surface area (Å²) in [5.41, 5.74) is 1.19. The molecule has 0 unspecified atom stereocenters. The van der Waals surface area contributed by atoms with Crippen LogP contribution in [0.3, 0.4) is 0 Å². The van der Waals surface area contributed by atoms with Crippen molar-refractivity contribution in [1.29, 1.82) is 0 Å². The van der Waals surface area contributed by atoms with Gasteiger partial charge in [-0.15, -0.1) is 0 Å². The first kappa shape index (κ1) is 22.7. The molecule has 0 saturated carbocycles. The molecule has 0 spiro atoms. The van der Waals surface area contributed by atoms with E-state index in [0.717, 1.165) is 48.9 Å². The molecular weight excluding hydrogens is 429 g/mol. The number of rotatable bonds is 7. The van der Waals surface area contributed by atoms with Crippen LogP contribution in [0.4, 0.5) is 4.39 Å². The van der Waals surface area contributed by atoms with Crippen LogP contribution in [0.1, 0.15) is 18.4 Å². The van der Waals surface area contributed by atoms with Gasteiger partial charge in [0, 0.05) is 37.7 Å². The standard InChI is InChI=1S/C21H25ClFN3O3S/c1-25(30(28,29)20-8-6-18(23)7-9-20)15-21(27)24-19-10-12-26(13-11-19)14-16-2-4-17(22)5-3-16/h2-9,19H,10-15H2,1H3,(H,24,27). The number of piperidine rings is 1. The number of halogens is 2. The van der Waals surface area contributed by atoms with Crippen LogP contribution in [0.2, 0.25) is 5.02 Å². The molecule has 0 bridgehead atoms. The Bertz CT molecular complexity index is 960. The van der Waals surface area contributed by atoms with Gasteiger partial charge in [-0.3, -0.25) is 9.69 Å². The molecule has 0 aromatic heterocycles. The molecule has 30 heavy (non-hydrogen) atoms. The normalized spacial score (nSPS) is 16.0. The number of amides is 1. The first-order valence-corrected chi connectivity index (χ1v) is 11.5. The summed E-state index contributed by atoms with van der Waals surface area (Å²) in [5.74, 6) is -0.865. The van der Waals surface area contributed by atoms with Gasteiger partial charge in [0.2, 0.25) is 15.9 Å². The van der Waals surface area contributed by atoms with E-state index in [4.69, 9.17) is 11.6 Å².